The Labute approximate surface area is 130 Å². The molecule has 1 saturated heterocycles. The van der Waals surface area contributed by atoms with Crippen molar-refractivity contribution in [2.24, 2.45) is 0 Å². The smallest absolute Gasteiger partial charge is 0.227 e. The van der Waals surface area contributed by atoms with E-state index in [2.05, 4.69) is 16.3 Å². The molecule has 1 N–H and O–H groups in total. The number of benzene rings is 1. The highest BCUT2D eigenvalue weighted by Gasteiger charge is 2.25. The number of hydrogen-bond donors (Lipinski definition) is 1. The molecule has 5 nitrogen and oxygen atoms in total. The monoisotopic (exact) mass is 296 g/mol. The third kappa shape index (κ3) is 2.63. The standard InChI is InChI=1S/C17H20N4O/c1-13(22)21-12-15(14-4-2-3-5-17(14)21)16(6-7-18)20-10-8-19-9-11-20/h2-5,12,16,19H,6,8-11H2,1H3/t16-/m0/s1. The summed E-state index contributed by atoms with van der Waals surface area (Å²) in [5, 5.41) is 13.7. The topological polar surface area (TPSA) is 61.1 Å². The highest BCUT2D eigenvalue weighted by atomic mass is 16.1. The maximum Gasteiger partial charge on any atom is 0.227 e. The lowest BCUT2D eigenvalue weighted by atomic mass is 10.0. The minimum absolute atomic E-state index is 0.00142. The molecule has 1 aromatic carbocycles. The van der Waals surface area contributed by atoms with Crippen LogP contribution in [0.5, 0.6) is 0 Å². The summed E-state index contributed by atoms with van der Waals surface area (Å²) in [7, 11) is 0. The molecule has 2 heterocycles. The number of nitriles is 1. The Kier molecular flexibility index (Phi) is 4.23. The predicted octanol–water partition coefficient (Wildman–Crippen LogP) is 2.16. The van der Waals surface area contributed by atoms with Crippen molar-refractivity contribution in [2.75, 3.05) is 26.2 Å². The molecule has 5 heteroatoms. The van der Waals surface area contributed by atoms with Gasteiger partial charge in [0.25, 0.3) is 0 Å². The van der Waals surface area contributed by atoms with Crippen LogP contribution in [0.4, 0.5) is 0 Å². The fraction of sp³-hybridized carbons (Fsp3) is 0.412. The first kappa shape index (κ1) is 14.8. The summed E-state index contributed by atoms with van der Waals surface area (Å²) in [5.41, 5.74) is 2.00. The van der Waals surface area contributed by atoms with Gasteiger partial charge in [-0.3, -0.25) is 14.3 Å². The lowest BCUT2D eigenvalue weighted by Gasteiger charge is -2.33. The van der Waals surface area contributed by atoms with Crippen molar-refractivity contribution in [3.05, 3.63) is 36.0 Å². The summed E-state index contributed by atoms with van der Waals surface area (Å²) >= 11 is 0. The Balaban J connectivity index is 2.09. The first-order valence-corrected chi connectivity index (χ1v) is 7.65. The first-order chi connectivity index (χ1) is 10.7. The van der Waals surface area contributed by atoms with Crippen molar-refractivity contribution in [1.29, 1.82) is 5.26 Å². The molecule has 0 amide bonds. The maximum atomic E-state index is 11.9. The maximum absolute atomic E-state index is 11.9. The van der Waals surface area contributed by atoms with E-state index in [0.29, 0.717) is 6.42 Å². The number of carbonyl (C=O) groups is 1. The van der Waals surface area contributed by atoms with Crippen LogP contribution in [0.3, 0.4) is 0 Å². The summed E-state index contributed by atoms with van der Waals surface area (Å²) in [4.78, 5) is 14.2. The van der Waals surface area contributed by atoms with Crippen LogP contribution < -0.4 is 5.32 Å². The van der Waals surface area contributed by atoms with E-state index in [9.17, 15) is 10.1 Å². The number of piperazine rings is 1. The summed E-state index contributed by atoms with van der Waals surface area (Å²) in [6, 6.07) is 10.3. The predicted molar refractivity (Wildman–Crippen MR) is 85.7 cm³/mol. The van der Waals surface area contributed by atoms with Crippen molar-refractivity contribution in [3.63, 3.8) is 0 Å². The van der Waals surface area contributed by atoms with Crippen LogP contribution in [0.2, 0.25) is 0 Å². The Bertz CT molecular complexity index is 722. The van der Waals surface area contributed by atoms with Gasteiger partial charge in [-0.05, 0) is 11.6 Å². The van der Waals surface area contributed by atoms with E-state index in [-0.39, 0.29) is 11.9 Å². The third-order valence-corrected chi connectivity index (χ3v) is 4.32. The zero-order chi connectivity index (χ0) is 15.5. The van der Waals surface area contributed by atoms with Gasteiger partial charge in [-0.2, -0.15) is 5.26 Å². The molecule has 1 aliphatic rings. The number of fused-ring (bicyclic) bond motifs is 1. The van der Waals surface area contributed by atoms with E-state index in [1.807, 2.05) is 30.5 Å². The molecule has 1 aromatic heterocycles. The molecule has 22 heavy (non-hydrogen) atoms. The average molecular weight is 296 g/mol. The number of rotatable bonds is 3. The van der Waals surface area contributed by atoms with Crippen molar-refractivity contribution in [2.45, 2.75) is 19.4 Å². The minimum atomic E-state index is -0.00142. The van der Waals surface area contributed by atoms with Crippen molar-refractivity contribution in [3.8, 4) is 6.07 Å². The first-order valence-electron chi connectivity index (χ1n) is 7.65. The molecule has 3 rings (SSSR count). The molecular weight excluding hydrogens is 276 g/mol. The van der Waals surface area contributed by atoms with Gasteiger partial charge < -0.3 is 5.32 Å². The van der Waals surface area contributed by atoms with Gasteiger partial charge in [0.15, 0.2) is 0 Å². The Morgan fingerprint density at radius 2 is 2.09 bits per heavy atom. The van der Waals surface area contributed by atoms with Gasteiger partial charge in [-0.15, -0.1) is 0 Å². The second-order valence-electron chi connectivity index (χ2n) is 5.65. The normalized spacial score (nSPS) is 17.3. The van der Waals surface area contributed by atoms with Crippen LogP contribution in [-0.4, -0.2) is 41.6 Å². The fourth-order valence-corrected chi connectivity index (χ4v) is 3.25. The van der Waals surface area contributed by atoms with E-state index < -0.39 is 0 Å². The van der Waals surface area contributed by atoms with Crippen molar-refractivity contribution in [1.82, 2.24) is 14.8 Å². The second-order valence-corrected chi connectivity index (χ2v) is 5.65. The molecule has 1 fully saturated rings. The molecule has 0 radical (unpaired) electrons. The summed E-state index contributed by atoms with van der Waals surface area (Å²) in [6.45, 7) is 5.29. The number of aromatic nitrogens is 1. The SMILES string of the molecule is CC(=O)n1cc([C@H](CC#N)N2CCNCC2)c2ccccc21. The molecule has 1 atom stereocenters. The van der Waals surface area contributed by atoms with Gasteiger partial charge >= 0.3 is 0 Å². The van der Waals surface area contributed by atoms with Crippen LogP contribution in [-0.2, 0) is 0 Å². The van der Waals surface area contributed by atoms with Crippen molar-refractivity contribution < 1.29 is 4.79 Å². The summed E-state index contributed by atoms with van der Waals surface area (Å²) in [5.74, 6) is -0.00142. The molecule has 2 aromatic rings. The van der Waals surface area contributed by atoms with E-state index in [4.69, 9.17) is 0 Å². The number of nitrogens with zero attached hydrogens (tertiary/aromatic N) is 3. The third-order valence-electron chi connectivity index (χ3n) is 4.32. The van der Waals surface area contributed by atoms with Crippen LogP contribution in [0.25, 0.3) is 10.9 Å². The van der Waals surface area contributed by atoms with Crippen molar-refractivity contribution >= 4 is 16.8 Å². The van der Waals surface area contributed by atoms with Gasteiger partial charge in [0.2, 0.25) is 5.91 Å². The molecular formula is C17H20N4O. The minimum Gasteiger partial charge on any atom is -0.314 e. The number of para-hydroxylation sites is 1. The number of nitrogens with one attached hydrogen (secondary N) is 1. The van der Waals surface area contributed by atoms with Gasteiger partial charge in [0, 0.05) is 50.7 Å². The molecule has 0 unspecified atom stereocenters. The highest BCUT2D eigenvalue weighted by Crippen LogP contribution is 2.32. The van der Waals surface area contributed by atoms with E-state index in [1.54, 1.807) is 11.5 Å². The number of hydrogen-bond acceptors (Lipinski definition) is 4. The largest absolute Gasteiger partial charge is 0.314 e. The number of carbonyl (C=O) groups excluding carboxylic acids is 1. The Morgan fingerprint density at radius 1 is 1.36 bits per heavy atom. The van der Waals surface area contributed by atoms with E-state index in [0.717, 1.165) is 42.6 Å². The van der Waals surface area contributed by atoms with Gasteiger partial charge in [-0.25, -0.2) is 0 Å². The molecule has 114 valence electrons. The second kappa shape index (κ2) is 6.30. The van der Waals surface area contributed by atoms with Crippen LogP contribution >= 0.6 is 0 Å². The zero-order valence-corrected chi connectivity index (χ0v) is 12.7. The lowest BCUT2D eigenvalue weighted by molar-refractivity contribution is 0.0941. The highest BCUT2D eigenvalue weighted by molar-refractivity contribution is 5.93. The summed E-state index contributed by atoms with van der Waals surface area (Å²) < 4.78 is 1.69. The van der Waals surface area contributed by atoms with Crippen LogP contribution in [0.1, 0.15) is 29.7 Å². The van der Waals surface area contributed by atoms with Gasteiger partial charge in [0.1, 0.15) is 0 Å². The Hall–Kier alpha value is -2.16. The quantitative estimate of drug-likeness (QED) is 0.943. The molecule has 1 aliphatic heterocycles. The Morgan fingerprint density at radius 3 is 2.77 bits per heavy atom. The van der Waals surface area contributed by atoms with Crippen LogP contribution in [0.15, 0.2) is 30.5 Å². The summed E-state index contributed by atoms with van der Waals surface area (Å²) in [6.07, 6.45) is 2.35. The zero-order valence-electron chi connectivity index (χ0n) is 12.7. The lowest BCUT2D eigenvalue weighted by Crippen LogP contribution is -2.45. The fourth-order valence-electron chi connectivity index (χ4n) is 3.25. The molecule has 0 saturated carbocycles. The van der Waals surface area contributed by atoms with Crippen LogP contribution in [0, 0.1) is 11.3 Å². The van der Waals surface area contributed by atoms with Gasteiger partial charge in [-0.1, -0.05) is 18.2 Å². The molecule has 0 aliphatic carbocycles. The average Bonchev–Trinajstić information content (AvgIpc) is 2.93. The molecule has 0 bridgehead atoms. The molecule has 0 spiro atoms. The van der Waals surface area contributed by atoms with E-state index >= 15 is 0 Å². The van der Waals surface area contributed by atoms with E-state index in [1.165, 1.54) is 0 Å². The van der Waals surface area contributed by atoms with Gasteiger partial charge in [0.05, 0.1) is 18.0 Å².